The lowest BCUT2D eigenvalue weighted by atomic mass is 9.66. The third kappa shape index (κ3) is 3.72. The second-order valence-electron chi connectivity index (χ2n) is 14.2. The SMILES string of the molecule is [C-]#[N+]c1ccc2c(c1)c1cc([N+]#[C-])ccc1n2-c1cccc2c1Oc1c(-n3c4ccccc4c4ccncc43)cccc1C21c2cccnc2-c2ncccc21. The number of aromatic nitrogens is 5. The highest BCUT2D eigenvalue weighted by molar-refractivity contribution is 6.12. The Bertz CT molecular complexity index is 3280. The summed E-state index contributed by atoms with van der Waals surface area (Å²) in [5, 5.41) is 4.02. The largest absolute Gasteiger partial charge is 0.452 e. The normalized spacial score (nSPS) is 13.2. The standard InChI is InChI=1S/C48H25N7O/c1-49-28-17-19-39-32(25-28)33-26-29(50-2)18-20-40(33)54(39)41-15-5-10-36-46(41)56-47-37(48(36)34-12-7-22-52-44(34)45-35(48)13-8-23-53-45)11-6-16-42(47)55-38-14-4-3-9-30(38)31-21-24-51-27-43(31)55/h3-27H. The molecule has 0 N–H and O–H groups in total. The molecule has 5 aromatic carbocycles. The minimum Gasteiger partial charge on any atom is -0.452 e. The Morgan fingerprint density at radius 1 is 0.482 bits per heavy atom. The van der Waals surface area contributed by atoms with Crippen molar-refractivity contribution >= 4 is 55.0 Å². The van der Waals surface area contributed by atoms with Crippen LogP contribution in [-0.2, 0) is 5.41 Å². The zero-order valence-corrected chi connectivity index (χ0v) is 29.5. The summed E-state index contributed by atoms with van der Waals surface area (Å²) in [5.74, 6) is 1.41. The number of hydrogen-bond donors (Lipinski definition) is 0. The van der Waals surface area contributed by atoms with Crippen molar-refractivity contribution in [3.8, 4) is 34.3 Å². The van der Waals surface area contributed by atoms with Crippen molar-refractivity contribution in [3.63, 3.8) is 0 Å². The maximum atomic E-state index is 7.79. The molecule has 0 unspecified atom stereocenters. The van der Waals surface area contributed by atoms with Crippen LogP contribution in [0, 0.1) is 13.1 Å². The molecule has 1 aliphatic carbocycles. The molecular formula is C48H25N7O. The summed E-state index contributed by atoms with van der Waals surface area (Å²) in [6.07, 6.45) is 7.44. The monoisotopic (exact) mass is 715 g/mol. The molecule has 1 spiro atoms. The number of fused-ring (bicyclic) bond motifs is 15. The summed E-state index contributed by atoms with van der Waals surface area (Å²) >= 11 is 0. The van der Waals surface area contributed by atoms with E-state index in [1.165, 1.54) is 0 Å². The van der Waals surface area contributed by atoms with E-state index in [0.717, 1.165) is 94.4 Å². The van der Waals surface area contributed by atoms with Crippen LogP contribution in [-0.4, -0.2) is 24.1 Å². The van der Waals surface area contributed by atoms with E-state index in [1.54, 1.807) is 0 Å². The van der Waals surface area contributed by atoms with E-state index in [-0.39, 0.29) is 0 Å². The zero-order chi connectivity index (χ0) is 37.1. The van der Waals surface area contributed by atoms with Gasteiger partial charge in [-0.3, -0.25) is 15.0 Å². The van der Waals surface area contributed by atoms with Gasteiger partial charge in [-0.05, 0) is 82.6 Å². The molecule has 6 heterocycles. The number of rotatable bonds is 2. The van der Waals surface area contributed by atoms with Gasteiger partial charge in [0.1, 0.15) is 0 Å². The van der Waals surface area contributed by atoms with E-state index in [4.69, 9.17) is 27.8 Å². The number of para-hydroxylation sites is 3. The molecule has 56 heavy (non-hydrogen) atoms. The average Bonchev–Trinajstić information content (AvgIpc) is 3.87. The Morgan fingerprint density at radius 3 is 1.62 bits per heavy atom. The van der Waals surface area contributed by atoms with Gasteiger partial charge in [0.15, 0.2) is 22.9 Å². The van der Waals surface area contributed by atoms with Gasteiger partial charge in [0, 0.05) is 40.5 Å². The summed E-state index contributed by atoms with van der Waals surface area (Å²) in [4.78, 5) is 22.0. The Morgan fingerprint density at radius 2 is 1.02 bits per heavy atom. The number of ether oxygens (including phenoxy) is 1. The third-order valence-electron chi connectivity index (χ3n) is 11.6. The Balaban J connectivity index is 1.25. The highest BCUT2D eigenvalue weighted by Gasteiger charge is 2.53. The molecule has 0 fully saturated rings. The average molecular weight is 716 g/mol. The highest BCUT2D eigenvalue weighted by atomic mass is 16.5. The van der Waals surface area contributed by atoms with Gasteiger partial charge in [0.2, 0.25) is 0 Å². The number of hydrogen-bond acceptors (Lipinski definition) is 4. The van der Waals surface area contributed by atoms with Crippen LogP contribution in [0.1, 0.15) is 22.3 Å². The third-order valence-corrected chi connectivity index (χ3v) is 11.6. The summed E-state index contributed by atoms with van der Waals surface area (Å²) < 4.78 is 12.0. The van der Waals surface area contributed by atoms with Gasteiger partial charge < -0.3 is 13.9 Å². The second kappa shape index (κ2) is 11.0. The van der Waals surface area contributed by atoms with Gasteiger partial charge in [0.05, 0.1) is 69.6 Å². The van der Waals surface area contributed by atoms with Crippen LogP contribution in [0.15, 0.2) is 152 Å². The van der Waals surface area contributed by atoms with Crippen molar-refractivity contribution in [1.29, 1.82) is 0 Å². The maximum Gasteiger partial charge on any atom is 0.188 e. The van der Waals surface area contributed by atoms with Crippen molar-refractivity contribution in [1.82, 2.24) is 24.1 Å². The second-order valence-corrected chi connectivity index (χ2v) is 14.2. The maximum absolute atomic E-state index is 7.79. The highest BCUT2D eigenvalue weighted by Crippen LogP contribution is 2.63. The van der Waals surface area contributed by atoms with Crippen LogP contribution in [0.25, 0.3) is 76.1 Å². The molecule has 0 saturated carbocycles. The molecular weight excluding hydrogens is 691 g/mol. The van der Waals surface area contributed by atoms with Gasteiger partial charge in [-0.15, -0.1) is 0 Å². The van der Waals surface area contributed by atoms with Crippen LogP contribution < -0.4 is 4.74 Å². The summed E-state index contributed by atoms with van der Waals surface area (Å²) in [6.45, 7) is 15.6. The molecule has 0 amide bonds. The fraction of sp³-hybridized carbons (Fsp3) is 0.0208. The first kappa shape index (κ1) is 30.4. The van der Waals surface area contributed by atoms with Crippen molar-refractivity contribution in [3.05, 3.63) is 197 Å². The quantitative estimate of drug-likeness (QED) is 0.167. The van der Waals surface area contributed by atoms with Gasteiger partial charge in [-0.1, -0.05) is 66.7 Å². The number of benzene rings is 5. The molecule has 12 rings (SSSR count). The molecule has 258 valence electrons. The number of pyridine rings is 3. The van der Waals surface area contributed by atoms with E-state index in [0.29, 0.717) is 17.1 Å². The lowest BCUT2D eigenvalue weighted by molar-refractivity contribution is 0.433. The van der Waals surface area contributed by atoms with Crippen molar-refractivity contribution in [2.45, 2.75) is 5.41 Å². The lowest BCUT2D eigenvalue weighted by Crippen LogP contribution is -2.33. The zero-order valence-electron chi connectivity index (χ0n) is 29.5. The molecule has 8 heteroatoms. The van der Waals surface area contributed by atoms with Crippen LogP contribution >= 0.6 is 0 Å². The molecule has 0 atom stereocenters. The molecule has 10 aromatic rings. The molecule has 2 aliphatic rings. The van der Waals surface area contributed by atoms with Crippen LogP contribution in [0.5, 0.6) is 11.5 Å². The lowest BCUT2D eigenvalue weighted by Gasteiger charge is -2.40. The molecule has 1 aliphatic heterocycles. The van der Waals surface area contributed by atoms with E-state index in [2.05, 4.69) is 103 Å². The summed E-state index contributed by atoms with van der Waals surface area (Å²) in [5.41, 5.74) is 11.5. The Kier molecular flexibility index (Phi) is 5.96. The van der Waals surface area contributed by atoms with Gasteiger partial charge in [0.25, 0.3) is 0 Å². The Hall–Kier alpha value is -8.07. The van der Waals surface area contributed by atoms with Crippen LogP contribution in [0.2, 0.25) is 0 Å². The summed E-state index contributed by atoms with van der Waals surface area (Å²) in [6, 6.07) is 43.2. The first-order valence-corrected chi connectivity index (χ1v) is 18.2. The van der Waals surface area contributed by atoms with Gasteiger partial charge >= 0.3 is 0 Å². The van der Waals surface area contributed by atoms with Crippen LogP contribution in [0.4, 0.5) is 11.4 Å². The Labute approximate surface area is 319 Å². The fourth-order valence-electron chi connectivity index (χ4n) is 9.45. The van der Waals surface area contributed by atoms with Crippen molar-refractivity contribution in [2.24, 2.45) is 0 Å². The molecule has 0 radical (unpaired) electrons. The predicted molar refractivity (Wildman–Crippen MR) is 218 cm³/mol. The van der Waals surface area contributed by atoms with Crippen molar-refractivity contribution in [2.75, 3.05) is 0 Å². The molecule has 0 saturated heterocycles. The number of nitrogens with zero attached hydrogens (tertiary/aromatic N) is 7. The smallest absolute Gasteiger partial charge is 0.188 e. The fourth-order valence-corrected chi connectivity index (χ4v) is 9.45. The molecule has 8 nitrogen and oxygen atoms in total. The van der Waals surface area contributed by atoms with E-state index in [1.807, 2.05) is 73.3 Å². The van der Waals surface area contributed by atoms with E-state index < -0.39 is 5.41 Å². The van der Waals surface area contributed by atoms with Gasteiger partial charge in [-0.25, -0.2) is 9.69 Å². The van der Waals surface area contributed by atoms with E-state index in [9.17, 15) is 0 Å². The van der Waals surface area contributed by atoms with Crippen molar-refractivity contribution < 1.29 is 4.74 Å². The van der Waals surface area contributed by atoms with Gasteiger partial charge in [-0.2, -0.15) is 0 Å². The first-order valence-electron chi connectivity index (χ1n) is 18.2. The molecule has 5 aromatic heterocycles. The summed E-state index contributed by atoms with van der Waals surface area (Å²) in [7, 11) is 0. The predicted octanol–water partition coefficient (Wildman–Crippen LogP) is 11.6. The molecule has 0 bridgehead atoms. The minimum absolute atomic E-state index is 0.536. The topological polar surface area (TPSA) is 66.5 Å². The van der Waals surface area contributed by atoms with E-state index >= 15 is 0 Å². The van der Waals surface area contributed by atoms with Crippen LogP contribution in [0.3, 0.4) is 0 Å². The first-order chi connectivity index (χ1) is 27.7. The minimum atomic E-state index is -0.841.